The van der Waals surface area contributed by atoms with Gasteiger partial charge in [0.1, 0.15) is 0 Å². The van der Waals surface area contributed by atoms with Crippen LogP contribution >= 0.6 is 11.3 Å². The highest BCUT2D eigenvalue weighted by Gasteiger charge is 2.08. The Morgan fingerprint density at radius 1 is 1.53 bits per heavy atom. The van der Waals surface area contributed by atoms with Gasteiger partial charge in [0.15, 0.2) is 0 Å². The summed E-state index contributed by atoms with van der Waals surface area (Å²) in [7, 11) is 0. The minimum absolute atomic E-state index is 0.399. The van der Waals surface area contributed by atoms with Crippen LogP contribution in [-0.2, 0) is 13.1 Å². The molecule has 0 radical (unpaired) electrons. The Morgan fingerprint density at radius 3 is 3.00 bits per heavy atom. The van der Waals surface area contributed by atoms with Crippen molar-refractivity contribution in [2.24, 2.45) is 0 Å². The van der Waals surface area contributed by atoms with Crippen molar-refractivity contribution in [2.75, 3.05) is 0 Å². The first-order valence-electron chi connectivity index (χ1n) is 6.00. The van der Waals surface area contributed by atoms with Crippen LogP contribution in [0.1, 0.15) is 36.2 Å². The number of rotatable bonds is 5. The monoisotopic (exact) mass is 249 g/mol. The number of hydrogen-bond donors (Lipinski definition) is 1. The molecule has 1 atom stereocenters. The highest BCUT2D eigenvalue weighted by Crippen LogP contribution is 2.18. The van der Waals surface area contributed by atoms with Crippen molar-refractivity contribution in [2.45, 2.75) is 39.9 Å². The molecule has 0 aliphatic heterocycles. The van der Waals surface area contributed by atoms with E-state index in [0.29, 0.717) is 6.04 Å². The van der Waals surface area contributed by atoms with Gasteiger partial charge in [-0.3, -0.25) is 4.68 Å². The van der Waals surface area contributed by atoms with Gasteiger partial charge in [-0.1, -0.05) is 6.07 Å². The van der Waals surface area contributed by atoms with E-state index in [1.807, 2.05) is 6.92 Å². The van der Waals surface area contributed by atoms with Crippen molar-refractivity contribution in [3.63, 3.8) is 0 Å². The summed E-state index contributed by atoms with van der Waals surface area (Å²) in [6, 6.07) is 6.82. The molecule has 17 heavy (non-hydrogen) atoms. The first kappa shape index (κ1) is 12.3. The second kappa shape index (κ2) is 5.47. The number of thiophene rings is 1. The van der Waals surface area contributed by atoms with Gasteiger partial charge in [0, 0.05) is 24.0 Å². The average Bonchev–Trinajstić information content (AvgIpc) is 2.94. The van der Waals surface area contributed by atoms with Crippen LogP contribution in [0.25, 0.3) is 0 Å². The number of nitrogens with zero attached hydrogens (tertiary/aromatic N) is 2. The van der Waals surface area contributed by atoms with Crippen LogP contribution in [0, 0.1) is 6.92 Å². The summed E-state index contributed by atoms with van der Waals surface area (Å²) in [4.78, 5) is 1.38. The second-order valence-corrected chi connectivity index (χ2v) is 5.19. The van der Waals surface area contributed by atoms with Crippen LogP contribution in [-0.4, -0.2) is 9.78 Å². The minimum atomic E-state index is 0.399. The van der Waals surface area contributed by atoms with Crippen molar-refractivity contribution >= 4 is 11.3 Å². The molecular weight excluding hydrogens is 230 g/mol. The maximum Gasteiger partial charge on any atom is 0.0597 e. The molecule has 2 aromatic rings. The van der Waals surface area contributed by atoms with E-state index in [-0.39, 0.29) is 0 Å². The molecule has 2 aromatic heterocycles. The molecule has 2 rings (SSSR count). The Labute approximate surface area is 106 Å². The topological polar surface area (TPSA) is 29.9 Å². The largest absolute Gasteiger partial charge is 0.304 e. The molecule has 1 N–H and O–H groups in total. The Balaban J connectivity index is 1.97. The molecule has 4 heteroatoms. The fourth-order valence-electron chi connectivity index (χ4n) is 1.91. The highest BCUT2D eigenvalue weighted by molar-refractivity contribution is 7.10. The van der Waals surface area contributed by atoms with Gasteiger partial charge in [0.25, 0.3) is 0 Å². The molecule has 0 aliphatic rings. The number of hydrogen-bond acceptors (Lipinski definition) is 3. The summed E-state index contributed by atoms with van der Waals surface area (Å²) < 4.78 is 2.06. The Bertz CT molecular complexity index is 459. The summed E-state index contributed by atoms with van der Waals surface area (Å²) in [5, 5.41) is 10.1. The molecule has 0 unspecified atom stereocenters. The first-order chi connectivity index (χ1) is 8.20. The molecular formula is C13H19N3S. The third-order valence-electron chi connectivity index (χ3n) is 2.84. The smallest absolute Gasteiger partial charge is 0.0597 e. The van der Waals surface area contributed by atoms with Gasteiger partial charge in [0.05, 0.1) is 11.4 Å². The van der Waals surface area contributed by atoms with Crippen molar-refractivity contribution < 1.29 is 0 Å². The maximum atomic E-state index is 4.45. The minimum Gasteiger partial charge on any atom is -0.304 e. The fraction of sp³-hybridized carbons (Fsp3) is 0.462. The van der Waals surface area contributed by atoms with Crippen LogP contribution in [0.3, 0.4) is 0 Å². The van der Waals surface area contributed by atoms with E-state index >= 15 is 0 Å². The van der Waals surface area contributed by atoms with E-state index in [9.17, 15) is 0 Å². The van der Waals surface area contributed by atoms with Gasteiger partial charge in [-0.05, 0) is 38.3 Å². The molecule has 0 aromatic carbocycles. The lowest BCUT2D eigenvalue weighted by Crippen LogP contribution is -2.19. The lowest BCUT2D eigenvalue weighted by Gasteiger charge is -2.12. The van der Waals surface area contributed by atoms with E-state index < -0.39 is 0 Å². The Morgan fingerprint density at radius 2 is 2.35 bits per heavy atom. The zero-order chi connectivity index (χ0) is 12.3. The van der Waals surface area contributed by atoms with Crippen LogP contribution in [0.2, 0.25) is 0 Å². The van der Waals surface area contributed by atoms with Crippen LogP contribution < -0.4 is 5.32 Å². The third kappa shape index (κ3) is 2.96. The van der Waals surface area contributed by atoms with Gasteiger partial charge in [-0.15, -0.1) is 11.3 Å². The van der Waals surface area contributed by atoms with Crippen LogP contribution in [0.15, 0.2) is 23.6 Å². The summed E-state index contributed by atoms with van der Waals surface area (Å²) in [5.74, 6) is 0. The molecule has 0 fully saturated rings. The number of aromatic nitrogens is 2. The Kier molecular flexibility index (Phi) is 3.97. The van der Waals surface area contributed by atoms with Crippen LogP contribution in [0.4, 0.5) is 0 Å². The summed E-state index contributed by atoms with van der Waals surface area (Å²) >= 11 is 1.80. The van der Waals surface area contributed by atoms with Crippen molar-refractivity contribution in [3.05, 3.63) is 39.8 Å². The third-order valence-corrected chi connectivity index (χ3v) is 3.90. The van der Waals surface area contributed by atoms with Crippen molar-refractivity contribution in [3.8, 4) is 0 Å². The SMILES string of the molecule is CCn1nc(C)cc1CN[C@@H](C)c1cccs1. The van der Waals surface area contributed by atoms with E-state index in [1.165, 1.54) is 10.6 Å². The molecule has 2 heterocycles. The standard InChI is InChI=1S/C13H19N3S/c1-4-16-12(8-10(2)15-16)9-14-11(3)13-6-5-7-17-13/h5-8,11,14H,4,9H2,1-3H3/t11-/m0/s1. The number of aryl methyl sites for hydroxylation is 2. The quantitative estimate of drug-likeness (QED) is 0.882. The van der Waals surface area contributed by atoms with E-state index in [1.54, 1.807) is 11.3 Å². The zero-order valence-corrected chi connectivity index (χ0v) is 11.4. The molecule has 0 saturated carbocycles. The van der Waals surface area contributed by atoms with E-state index in [0.717, 1.165) is 18.8 Å². The predicted molar refractivity (Wildman–Crippen MR) is 72.2 cm³/mol. The van der Waals surface area contributed by atoms with Crippen molar-refractivity contribution in [1.82, 2.24) is 15.1 Å². The van der Waals surface area contributed by atoms with Gasteiger partial charge in [-0.25, -0.2) is 0 Å². The average molecular weight is 249 g/mol. The highest BCUT2D eigenvalue weighted by atomic mass is 32.1. The van der Waals surface area contributed by atoms with Crippen molar-refractivity contribution in [1.29, 1.82) is 0 Å². The normalized spacial score (nSPS) is 12.9. The summed E-state index contributed by atoms with van der Waals surface area (Å²) in [5.41, 5.74) is 2.35. The molecule has 0 bridgehead atoms. The molecule has 0 aliphatic carbocycles. The van der Waals surface area contributed by atoms with Gasteiger partial charge >= 0.3 is 0 Å². The fourth-order valence-corrected chi connectivity index (χ4v) is 2.67. The molecule has 92 valence electrons. The molecule has 0 amide bonds. The summed E-state index contributed by atoms with van der Waals surface area (Å²) in [6.07, 6.45) is 0. The van der Waals surface area contributed by atoms with Gasteiger partial charge in [0.2, 0.25) is 0 Å². The van der Waals surface area contributed by atoms with E-state index in [4.69, 9.17) is 0 Å². The van der Waals surface area contributed by atoms with E-state index in [2.05, 4.69) is 52.5 Å². The first-order valence-corrected chi connectivity index (χ1v) is 6.88. The molecule has 0 spiro atoms. The lowest BCUT2D eigenvalue weighted by molar-refractivity contribution is 0.535. The predicted octanol–water partition coefficient (Wildman–Crippen LogP) is 3.12. The lowest BCUT2D eigenvalue weighted by atomic mass is 10.2. The number of nitrogens with one attached hydrogen (secondary N) is 1. The Hall–Kier alpha value is -1.13. The molecule has 3 nitrogen and oxygen atoms in total. The molecule has 0 saturated heterocycles. The van der Waals surface area contributed by atoms with Gasteiger partial charge in [-0.2, -0.15) is 5.10 Å². The maximum absolute atomic E-state index is 4.45. The summed E-state index contributed by atoms with van der Waals surface area (Å²) in [6.45, 7) is 8.16. The second-order valence-electron chi connectivity index (χ2n) is 4.21. The zero-order valence-electron chi connectivity index (χ0n) is 10.6. The van der Waals surface area contributed by atoms with Gasteiger partial charge < -0.3 is 5.32 Å². The van der Waals surface area contributed by atoms with Crippen LogP contribution in [0.5, 0.6) is 0 Å².